The van der Waals surface area contributed by atoms with Crippen molar-refractivity contribution in [3.63, 3.8) is 0 Å². The number of rotatable bonds is 3. The predicted molar refractivity (Wildman–Crippen MR) is 44.3 cm³/mol. The average Bonchev–Trinajstić information content (AvgIpc) is 1.99. The van der Waals surface area contributed by atoms with E-state index in [0.29, 0.717) is 0 Å². The van der Waals surface area contributed by atoms with Crippen LogP contribution in [0.1, 0.15) is 20.3 Å². The van der Waals surface area contributed by atoms with Crippen molar-refractivity contribution >= 4 is 0 Å². The van der Waals surface area contributed by atoms with Gasteiger partial charge in [-0.15, -0.1) is 12.8 Å². The maximum absolute atomic E-state index is 5.21. The van der Waals surface area contributed by atoms with E-state index in [4.69, 9.17) is 12.8 Å². The summed E-state index contributed by atoms with van der Waals surface area (Å²) in [5, 5.41) is 3.09. The first-order chi connectivity index (χ1) is 4.74. The standard InChI is InChI=1S/C9H13N/c1-5-8(4)10-9(6-2)7-3/h1-2,8-10H,7H2,3-4H3. The third-order valence-corrected chi connectivity index (χ3v) is 1.31. The maximum Gasteiger partial charge on any atom is 0.0693 e. The number of nitrogens with one attached hydrogen (secondary N) is 1. The van der Waals surface area contributed by atoms with Crippen molar-refractivity contribution in [1.29, 1.82) is 0 Å². The zero-order valence-electron chi connectivity index (χ0n) is 6.52. The molecule has 1 heteroatoms. The Kier molecular flexibility index (Phi) is 4.46. The molecule has 2 unspecified atom stereocenters. The van der Waals surface area contributed by atoms with Gasteiger partial charge in [0.15, 0.2) is 0 Å². The quantitative estimate of drug-likeness (QED) is 0.569. The summed E-state index contributed by atoms with van der Waals surface area (Å²) in [5.74, 6) is 5.17. The normalized spacial score (nSPS) is 14.8. The first-order valence-corrected chi connectivity index (χ1v) is 3.42. The topological polar surface area (TPSA) is 12.0 Å². The fraction of sp³-hybridized carbons (Fsp3) is 0.556. The van der Waals surface area contributed by atoms with E-state index in [9.17, 15) is 0 Å². The fourth-order valence-electron chi connectivity index (χ4n) is 0.634. The zero-order valence-corrected chi connectivity index (χ0v) is 6.52. The smallest absolute Gasteiger partial charge is 0.0693 e. The summed E-state index contributed by atoms with van der Waals surface area (Å²) in [6, 6.07) is 0.187. The van der Waals surface area contributed by atoms with Crippen LogP contribution in [0.2, 0.25) is 0 Å². The van der Waals surface area contributed by atoms with Crippen LogP contribution in [-0.2, 0) is 0 Å². The molecule has 0 bridgehead atoms. The first kappa shape index (κ1) is 9.08. The highest BCUT2D eigenvalue weighted by Gasteiger charge is 2.02. The third-order valence-electron chi connectivity index (χ3n) is 1.31. The van der Waals surface area contributed by atoms with Gasteiger partial charge in [0.25, 0.3) is 0 Å². The Morgan fingerprint density at radius 1 is 1.40 bits per heavy atom. The Balaban J connectivity index is 3.68. The van der Waals surface area contributed by atoms with Crippen LogP contribution in [0, 0.1) is 24.7 Å². The molecule has 0 spiro atoms. The van der Waals surface area contributed by atoms with E-state index in [2.05, 4.69) is 17.2 Å². The van der Waals surface area contributed by atoms with Gasteiger partial charge in [-0.25, -0.2) is 0 Å². The molecule has 54 valence electrons. The van der Waals surface area contributed by atoms with E-state index in [1.54, 1.807) is 0 Å². The summed E-state index contributed by atoms with van der Waals surface area (Å²) in [5.41, 5.74) is 0. The molecule has 0 heterocycles. The van der Waals surface area contributed by atoms with Gasteiger partial charge >= 0.3 is 0 Å². The molecule has 1 N–H and O–H groups in total. The van der Waals surface area contributed by atoms with E-state index in [1.807, 2.05) is 13.8 Å². The molecule has 2 atom stereocenters. The van der Waals surface area contributed by atoms with Gasteiger partial charge in [0.05, 0.1) is 12.1 Å². The van der Waals surface area contributed by atoms with Crippen molar-refractivity contribution in [1.82, 2.24) is 5.32 Å². The lowest BCUT2D eigenvalue weighted by Crippen LogP contribution is -2.33. The maximum atomic E-state index is 5.21. The summed E-state index contributed by atoms with van der Waals surface area (Å²) >= 11 is 0. The van der Waals surface area contributed by atoms with Crippen molar-refractivity contribution in [3.8, 4) is 24.7 Å². The Hall–Kier alpha value is -0.920. The van der Waals surface area contributed by atoms with Crippen LogP contribution in [0.4, 0.5) is 0 Å². The Morgan fingerprint density at radius 2 is 2.00 bits per heavy atom. The molecular weight excluding hydrogens is 122 g/mol. The molecule has 0 fully saturated rings. The number of hydrogen-bond acceptors (Lipinski definition) is 1. The van der Waals surface area contributed by atoms with Crippen LogP contribution < -0.4 is 5.32 Å². The van der Waals surface area contributed by atoms with Gasteiger partial charge in [0.2, 0.25) is 0 Å². The fourth-order valence-corrected chi connectivity index (χ4v) is 0.634. The third kappa shape index (κ3) is 3.17. The highest BCUT2D eigenvalue weighted by Crippen LogP contribution is 1.89. The molecule has 0 aliphatic carbocycles. The Labute approximate surface area is 63.2 Å². The Morgan fingerprint density at radius 3 is 2.30 bits per heavy atom. The number of hydrogen-bond donors (Lipinski definition) is 1. The van der Waals surface area contributed by atoms with Gasteiger partial charge in [0.1, 0.15) is 0 Å². The summed E-state index contributed by atoms with van der Waals surface area (Å²) < 4.78 is 0. The van der Waals surface area contributed by atoms with Crippen LogP contribution in [0.25, 0.3) is 0 Å². The van der Waals surface area contributed by atoms with Gasteiger partial charge in [-0.3, -0.25) is 5.32 Å². The second-order valence-corrected chi connectivity index (χ2v) is 2.18. The largest absolute Gasteiger partial charge is 0.290 e. The lowest BCUT2D eigenvalue weighted by molar-refractivity contribution is 0.564. The molecule has 0 saturated heterocycles. The molecule has 10 heavy (non-hydrogen) atoms. The summed E-state index contributed by atoms with van der Waals surface area (Å²) in [6.45, 7) is 3.95. The van der Waals surface area contributed by atoms with Crippen molar-refractivity contribution in [2.45, 2.75) is 32.4 Å². The van der Waals surface area contributed by atoms with Gasteiger partial charge in [0, 0.05) is 0 Å². The highest BCUT2D eigenvalue weighted by molar-refractivity contribution is 5.04. The van der Waals surface area contributed by atoms with E-state index < -0.39 is 0 Å². The predicted octanol–water partition coefficient (Wildman–Crippen LogP) is 1.01. The lowest BCUT2D eigenvalue weighted by Gasteiger charge is -2.12. The van der Waals surface area contributed by atoms with E-state index in [0.717, 1.165) is 6.42 Å². The molecule has 0 saturated carbocycles. The van der Waals surface area contributed by atoms with E-state index >= 15 is 0 Å². The minimum atomic E-state index is 0.0704. The molecule has 0 aliphatic heterocycles. The summed E-state index contributed by atoms with van der Waals surface area (Å²) in [4.78, 5) is 0. The SMILES string of the molecule is C#CC(C)NC(C#C)CC. The van der Waals surface area contributed by atoms with Crippen LogP contribution in [0.3, 0.4) is 0 Å². The molecule has 0 aromatic rings. The van der Waals surface area contributed by atoms with Crippen molar-refractivity contribution in [2.75, 3.05) is 0 Å². The minimum absolute atomic E-state index is 0.0704. The van der Waals surface area contributed by atoms with Gasteiger partial charge < -0.3 is 0 Å². The van der Waals surface area contributed by atoms with Gasteiger partial charge in [-0.05, 0) is 13.3 Å². The Bertz CT molecular complexity index is 159. The van der Waals surface area contributed by atoms with Crippen molar-refractivity contribution in [3.05, 3.63) is 0 Å². The average molecular weight is 135 g/mol. The molecule has 0 radical (unpaired) electrons. The zero-order chi connectivity index (χ0) is 7.98. The lowest BCUT2D eigenvalue weighted by atomic mass is 10.2. The molecule has 0 aliphatic rings. The summed E-state index contributed by atoms with van der Waals surface area (Å²) in [7, 11) is 0. The second-order valence-electron chi connectivity index (χ2n) is 2.18. The summed E-state index contributed by atoms with van der Waals surface area (Å²) in [6.07, 6.45) is 11.3. The highest BCUT2D eigenvalue weighted by atomic mass is 14.9. The van der Waals surface area contributed by atoms with Crippen molar-refractivity contribution in [2.24, 2.45) is 0 Å². The number of terminal acetylenes is 2. The molecule has 0 rings (SSSR count). The van der Waals surface area contributed by atoms with Crippen LogP contribution in [-0.4, -0.2) is 12.1 Å². The first-order valence-electron chi connectivity index (χ1n) is 3.42. The molecule has 0 amide bonds. The minimum Gasteiger partial charge on any atom is -0.290 e. The van der Waals surface area contributed by atoms with Crippen LogP contribution in [0.15, 0.2) is 0 Å². The molecule has 1 nitrogen and oxygen atoms in total. The molecule has 0 aromatic heterocycles. The van der Waals surface area contributed by atoms with Crippen molar-refractivity contribution < 1.29 is 0 Å². The molecular formula is C9H13N. The van der Waals surface area contributed by atoms with Crippen LogP contribution in [0.5, 0.6) is 0 Å². The van der Waals surface area contributed by atoms with E-state index in [1.165, 1.54) is 0 Å². The monoisotopic (exact) mass is 135 g/mol. The second kappa shape index (κ2) is 4.91. The van der Waals surface area contributed by atoms with Crippen LogP contribution >= 0.6 is 0 Å². The van der Waals surface area contributed by atoms with E-state index in [-0.39, 0.29) is 12.1 Å². The van der Waals surface area contributed by atoms with Gasteiger partial charge in [-0.1, -0.05) is 18.8 Å². The van der Waals surface area contributed by atoms with Gasteiger partial charge in [-0.2, -0.15) is 0 Å². The molecule has 0 aromatic carbocycles.